The Balaban J connectivity index is 1.51. The van der Waals surface area contributed by atoms with Crippen LogP contribution in [0.25, 0.3) is 0 Å². The van der Waals surface area contributed by atoms with Crippen molar-refractivity contribution in [1.82, 2.24) is 24.8 Å². The third kappa shape index (κ3) is 3.78. The largest absolute Gasteiger partial charge is 0.293 e. The summed E-state index contributed by atoms with van der Waals surface area (Å²) in [5, 5.41) is 0.854. The summed E-state index contributed by atoms with van der Waals surface area (Å²) >= 11 is 12.4. The Morgan fingerprint density at radius 1 is 1.04 bits per heavy atom. The molecule has 0 unspecified atom stereocenters. The van der Waals surface area contributed by atoms with Crippen LogP contribution in [0.3, 0.4) is 0 Å². The molecule has 0 amide bonds. The van der Waals surface area contributed by atoms with Gasteiger partial charge in [-0.25, -0.2) is 19.9 Å². The first kappa shape index (κ1) is 17.1. The van der Waals surface area contributed by atoms with E-state index in [1.165, 1.54) is 44.0 Å². The number of hydrogen-bond donors (Lipinski definition) is 0. The summed E-state index contributed by atoms with van der Waals surface area (Å²) in [6, 6.07) is 0. The van der Waals surface area contributed by atoms with Gasteiger partial charge in [-0.3, -0.25) is 4.90 Å². The van der Waals surface area contributed by atoms with Crippen molar-refractivity contribution in [3.63, 3.8) is 0 Å². The summed E-state index contributed by atoms with van der Waals surface area (Å²) in [6.45, 7) is 2.36. The first-order valence-electron chi connectivity index (χ1n) is 8.92. The smallest absolute Gasteiger partial charge is 0.138 e. The van der Waals surface area contributed by atoms with Crippen molar-refractivity contribution < 1.29 is 0 Å². The number of hydrogen-bond acceptors (Lipinski definition) is 5. The Morgan fingerprint density at radius 2 is 1.80 bits per heavy atom. The first-order valence-corrected chi connectivity index (χ1v) is 9.68. The van der Waals surface area contributed by atoms with Gasteiger partial charge in [0, 0.05) is 37.3 Å². The molecule has 1 fully saturated rings. The molecule has 132 valence electrons. The van der Waals surface area contributed by atoms with Crippen molar-refractivity contribution in [1.29, 1.82) is 0 Å². The number of rotatable bonds is 3. The lowest BCUT2D eigenvalue weighted by Gasteiger charge is -2.29. The summed E-state index contributed by atoms with van der Waals surface area (Å²) in [4.78, 5) is 20.0. The van der Waals surface area contributed by atoms with Crippen molar-refractivity contribution in [3.05, 3.63) is 45.5 Å². The number of halogens is 2. The Labute approximate surface area is 157 Å². The highest BCUT2D eigenvalue weighted by molar-refractivity contribution is 6.34. The van der Waals surface area contributed by atoms with Gasteiger partial charge in [-0.2, -0.15) is 0 Å². The highest BCUT2D eigenvalue weighted by atomic mass is 35.5. The van der Waals surface area contributed by atoms with E-state index in [1.54, 1.807) is 0 Å². The second-order valence-corrected chi connectivity index (χ2v) is 7.65. The molecule has 0 saturated heterocycles. The average Bonchev–Trinajstić information content (AvgIpc) is 2.65. The fraction of sp³-hybridized carbons (Fsp3) is 0.556. The van der Waals surface area contributed by atoms with Gasteiger partial charge in [0.2, 0.25) is 0 Å². The van der Waals surface area contributed by atoms with Crippen LogP contribution in [0.2, 0.25) is 10.3 Å². The van der Waals surface area contributed by atoms with Crippen LogP contribution in [0.5, 0.6) is 0 Å². The van der Waals surface area contributed by atoms with Crippen LogP contribution in [0, 0.1) is 0 Å². The third-order valence-electron chi connectivity index (χ3n) is 5.24. The molecule has 2 aromatic rings. The monoisotopic (exact) mass is 377 g/mol. The van der Waals surface area contributed by atoms with Crippen LogP contribution in [0.15, 0.2) is 12.5 Å². The van der Waals surface area contributed by atoms with Crippen molar-refractivity contribution in [2.75, 3.05) is 6.54 Å². The fourth-order valence-corrected chi connectivity index (χ4v) is 4.22. The zero-order valence-corrected chi connectivity index (χ0v) is 15.6. The molecule has 25 heavy (non-hydrogen) atoms. The van der Waals surface area contributed by atoms with E-state index < -0.39 is 0 Å². The maximum atomic E-state index is 6.19. The number of nitrogens with zero attached hydrogens (tertiary/aromatic N) is 5. The van der Waals surface area contributed by atoms with E-state index in [1.807, 2.05) is 6.20 Å². The van der Waals surface area contributed by atoms with Crippen LogP contribution >= 0.6 is 23.2 Å². The quantitative estimate of drug-likeness (QED) is 0.750. The molecule has 5 nitrogen and oxygen atoms in total. The lowest BCUT2D eigenvalue weighted by Crippen LogP contribution is -2.31. The molecule has 1 saturated carbocycles. The Bertz CT molecular complexity index is 741. The molecule has 0 aromatic carbocycles. The van der Waals surface area contributed by atoms with Gasteiger partial charge in [-0.05, 0) is 24.8 Å². The molecule has 0 radical (unpaired) electrons. The van der Waals surface area contributed by atoms with E-state index in [9.17, 15) is 0 Å². The summed E-state index contributed by atoms with van der Waals surface area (Å²) in [5.41, 5.74) is 3.19. The molecular weight excluding hydrogens is 357 g/mol. The van der Waals surface area contributed by atoms with Gasteiger partial charge in [0.25, 0.3) is 0 Å². The van der Waals surface area contributed by atoms with Crippen LogP contribution in [-0.2, 0) is 19.5 Å². The highest BCUT2D eigenvalue weighted by Crippen LogP contribution is 2.31. The molecule has 0 bridgehead atoms. The molecule has 0 atom stereocenters. The lowest BCUT2D eigenvalue weighted by atomic mass is 9.88. The van der Waals surface area contributed by atoms with Crippen LogP contribution in [0.1, 0.15) is 60.7 Å². The Hall–Kier alpha value is -1.30. The molecule has 1 aliphatic heterocycles. The Kier molecular flexibility index (Phi) is 5.15. The number of fused-ring (bicyclic) bond motifs is 1. The number of aromatic nitrogens is 4. The van der Waals surface area contributed by atoms with Gasteiger partial charge < -0.3 is 0 Å². The summed E-state index contributed by atoms with van der Waals surface area (Å²) < 4.78 is 0. The third-order valence-corrected chi connectivity index (χ3v) is 5.89. The minimum absolute atomic E-state index is 0.427. The van der Waals surface area contributed by atoms with Crippen LogP contribution in [-0.4, -0.2) is 31.4 Å². The SMILES string of the molecule is Clc1ncnc(Cl)c1CN1CCc2cnc(C3CCCCC3)nc2C1. The minimum atomic E-state index is 0.427. The van der Waals surface area contributed by atoms with E-state index in [-0.39, 0.29) is 0 Å². The highest BCUT2D eigenvalue weighted by Gasteiger charge is 2.24. The van der Waals surface area contributed by atoms with Gasteiger partial charge in [-0.1, -0.05) is 42.5 Å². The van der Waals surface area contributed by atoms with Crippen molar-refractivity contribution in [2.45, 2.75) is 57.5 Å². The molecule has 7 heteroatoms. The van der Waals surface area contributed by atoms with Gasteiger partial charge in [0.05, 0.1) is 5.69 Å². The maximum absolute atomic E-state index is 6.19. The maximum Gasteiger partial charge on any atom is 0.138 e. The zero-order chi connectivity index (χ0) is 17.2. The van der Waals surface area contributed by atoms with E-state index >= 15 is 0 Å². The second kappa shape index (κ2) is 7.52. The predicted octanol–water partition coefficient (Wildman–Crippen LogP) is 4.18. The lowest BCUT2D eigenvalue weighted by molar-refractivity contribution is 0.239. The van der Waals surface area contributed by atoms with E-state index in [4.69, 9.17) is 28.2 Å². The molecule has 3 heterocycles. The summed E-state index contributed by atoms with van der Waals surface area (Å²) in [5.74, 6) is 1.56. The molecule has 2 aromatic heterocycles. The van der Waals surface area contributed by atoms with E-state index in [0.717, 1.165) is 36.6 Å². The van der Waals surface area contributed by atoms with Crippen LogP contribution in [0.4, 0.5) is 0 Å². The van der Waals surface area contributed by atoms with Crippen molar-refractivity contribution in [2.24, 2.45) is 0 Å². The summed E-state index contributed by atoms with van der Waals surface area (Å²) in [7, 11) is 0. The van der Waals surface area contributed by atoms with Gasteiger partial charge >= 0.3 is 0 Å². The Morgan fingerprint density at radius 3 is 2.56 bits per heavy atom. The van der Waals surface area contributed by atoms with Gasteiger partial charge in [0.1, 0.15) is 22.5 Å². The molecule has 4 rings (SSSR count). The van der Waals surface area contributed by atoms with Gasteiger partial charge in [0.15, 0.2) is 0 Å². The predicted molar refractivity (Wildman–Crippen MR) is 97.7 cm³/mol. The van der Waals surface area contributed by atoms with E-state index in [2.05, 4.69) is 19.9 Å². The molecule has 1 aliphatic carbocycles. The normalized spacial score (nSPS) is 19.0. The van der Waals surface area contributed by atoms with Gasteiger partial charge in [-0.15, -0.1) is 0 Å². The molecule has 2 aliphatic rings. The van der Waals surface area contributed by atoms with Crippen molar-refractivity contribution in [3.8, 4) is 0 Å². The van der Waals surface area contributed by atoms with Crippen molar-refractivity contribution >= 4 is 23.2 Å². The zero-order valence-electron chi connectivity index (χ0n) is 14.1. The minimum Gasteiger partial charge on any atom is -0.293 e. The van der Waals surface area contributed by atoms with E-state index in [0.29, 0.717) is 22.8 Å². The second-order valence-electron chi connectivity index (χ2n) is 6.93. The molecule has 0 N–H and O–H groups in total. The average molecular weight is 378 g/mol. The summed E-state index contributed by atoms with van der Waals surface area (Å²) in [6.07, 6.45) is 10.7. The van der Waals surface area contributed by atoms with Crippen LogP contribution < -0.4 is 0 Å². The molecule has 0 spiro atoms. The fourth-order valence-electron chi connectivity index (χ4n) is 3.79. The first-order chi connectivity index (χ1) is 12.2. The molecular formula is C18H21Cl2N5. The topological polar surface area (TPSA) is 54.8 Å². The standard InChI is InChI=1S/C18H21Cl2N5/c19-16-14(17(20)23-11-22-16)9-25-7-6-13-8-21-18(24-15(13)10-25)12-4-2-1-3-5-12/h8,11-12H,1-7,9-10H2.